The first-order chi connectivity index (χ1) is 12.3. The highest BCUT2D eigenvalue weighted by Crippen LogP contribution is 2.44. The largest absolute Gasteiger partial charge is 0.355 e. The van der Waals surface area contributed by atoms with E-state index in [2.05, 4.69) is 17.2 Å². The van der Waals surface area contributed by atoms with Gasteiger partial charge >= 0.3 is 0 Å². The lowest BCUT2D eigenvalue weighted by molar-refractivity contribution is -0.129. The molecule has 0 spiro atoms. The second-order valence-electron chi connectivity index (χ2n) is 7.14. The summed E-state index contributed by atoms with van der Waals surface area (Å²) in [7, 11) is -3.23. The lowest BCUT2D eigenvalue weighted by atomic mass is 9.64. The van der Waals surface area contributed by atoms with Crippen molar-refractivity contribution in [3.8, 4) is 0 Å². The predicted molar refractivity (Wildman–Crippen MR) is 99.6 cm³/mol. The van der Waals surface area contributed by atoms with Gasteiger partial charge in [0.15, 0.2) is 9.84 Å². The fraction of sp³-hybridized carbons (Fsp3) is 0.474. The van der Waals surface area contributed by atoms with Crippen LogP contribution < -0.4 is 5.32 Å². The van der Waals surface area contributed by atoms with Gasteiger partial charge in [0, 0.05) is 31.2 Å². The first-order valence-corrected chi connectivity index (χ1v) is 10.8. The Labute approximate surface area is 154 Å². The number of carbonyl (C=O) groups is 1. The van der Waals surface area contributed by atoms with Crippen molar-refractivity contribution in [1.29, 1.82) is 0 Å². The molecule has 0 unspecified atom stereocenters. The van der Waals surface area contributed by atoms with Gasteiger partial charge in [0.1, 0.15) is 0 Å². The number of amides is 1. The van der Waals surface area contributed by atoms with Crippen LogP contribution >= 0.6 is 0 Å². The zero-order valence-corrected chi connectivity index (χ0v) is 16.0. The highest BCUT2D eigenvalue weighted by atomic mass is 32.2. The third-order valence-electron chi connectivity index (χ3n) is 5.36. The Balaban J connectivity index is 1.64. The highest BCUT2D eigenvalue weighted by Gasteiger charge is 2.45. The molecule has 1 N–H and O–H groups in total. The van der Waals surface area contributed by atoms with Crippen molar-refractivity contribution in [1.82, 2.24) is 14.9 Å². The number of carbonyl (C=O) groups excluding carboxylic acids is 1. The highest BCUT2D eigenvalue weighted by molar-refractivity contribution is 7.90. The zero-order chi connectivity index (χ0) is 18.8. The van der Waals surface area contributed by atoms with E-state index in [9.17, 15) is 13.2 Å². The molecule has 0 radical (unpaired) electrons. The molecule has 1 atom stereocenters. The van der Waals surface area contributed by atoms with E-state index in [4.69, 9.17) is 0 Å². The van der Waals surface area contributed by atoms with E-state index in [1.165, 1.54) is 6.26 Å². The Kier molecular flexibility index (Phi) is 5.18. The van der Waals surface area contributed by atoms with Gasteiger partial charge in [-0.15, -0.1) is 0 Å². The summed E-state index contributed by atoms with van der Waals surface area (Å²) in [5.74, 6) is 0.0358. The van der Waals surface area contributed by atoms with Gasteiger partial charge in [-0.2, -0.15) is 0 Å². The molecule has 0 bridgehead atoms. The molecule has 3 rings (SSSR count). The SMILES string of the molecule is C[C@H](CCNC(=O)C1(c2ccc(S(C)(=O)=O)cc2)CCC1)n1ccnc1. The molecule has 1 heterocycles. The average molecular weight is 375 g/mol. The van der Waals surface area contributed by atoms with E-state index >= 15 is 0 Å². The second-order valence-corrected chi connectivity index (χ2v) is 9.15. The van der Waals surface area contributed by atoms with E-state index in [0.717, 1.165) is 31.2 Å². The first-order valence-electron chi connectivity index (χ1n) is 8.89. The lowest BCUT2D eigenvalue weighted by Gasteiger charge is -2.41. The number of nitrogens with zero attached hydrogens (tertiary/aromatic N) is 2. The molecule has 1 amide bonds. The van der Waals surface area contributed by atoms with Gasteiger partial charge in [-0.25, -0.2) is 13.4 Å². The number of aromatic nitrogens is 2. The molecular formula is C19H25N3O3S. The average Bonchev–Trinajstić information content (AvgIpc) is 3.08. The molecule has 2 aromatic rings. The maximum absolute atomic E-state index is 12.8. The molecular weight excluding hydrogens is 350 g/mol. The minimum absolute atomic E-state index is 0.0358. The van der Waals surface area contributed by atoms with Gasteiger partial charge in [0.2, 0.25) is 5.91 Å². The van der Waals surface area contributed by atoms with Gasteiger partial charge in [0.25, 0.3) is 0 Å². The molecule has 0 saturated heterocycles. The van der Waals surface area contributed by atoms with E-state index in [1.54, 1.807) is 36.8 Å². The minimum Gasteiger partial charge on any atom is -0.355 e. The Bertz CT molecular complexity index is 854. The minimum atomic E-state index is -3.23. The second kappa shape index (κ2) is 7.23. The number of hydrogen-bond acceptors (Lipinski definition) is 4. The summed E-state index contributed by atoms with van der Waals surface area (Å²) in [6.07, 6.45) is 10.1. The summed E-state index contributed by atoms with van der Waals surface area (Å²) in [4.78, 5) is 17.2. The summed E-state index contributed by atoms with van der Waals surface area (Å²) in [6.45, 7) is 2.69. The van der Waals surface area contributed by atoms with Crippen molar-refractivity contribution >= 4 is 15.7 Å². The molecule has 1 aliphatic carbocycles. The molecule has 140 valence electrons. The summed E-state index contributed by atoms with van der Waals surface area (Å²) >= 11 is 0. The van der Waals surface area contributed by atoms with Crippen LogP contribution in [0.15, 0.2) is 47.9 Å². The van der Waals surface area contributed by atoms with Crippen molar-refractivity contribution in [2.75, 3.05) is 12.8 Å². The molecule has 6 nitrogen and oxygen atoms in total. The fourth-order valence-electron chi connectivity index (χ4n) is 3.44. The maximum atomic E-state index is 12.8. The molecule has 7 heteroatoms. The van der Waals surface area contributed by atoms with Crippen molar-refractivity contribution in [2.24, 2.45) is 0 Å². The third-order valence-corrected chi connectivity index (χ3v) is 6.49. The first kappa shape index (κ1) is 18.6. The van der Waals surface area contributed by atoms with Crippen LogP contribution in [0.5, 0.6) is 0 Å². The van der Waals surface area contributed by atoms with Crippen LogP contribution in [0.4, 0.5) is 0 Å². The molecule has 1 aromatic heterocycles. The predicted octanol–water partition coefficient (Wildman–Crippen LogP) is 2.48. The van der Waals surface area contributed by atoms with Crippen molar-refractivity contribution in [3.63, 3.8) is 0 Å². The van der Waals surface area contributed by atoms with E-state index in [0.29, 0.717) is 6.54 Å². The summed E-state index contributed by atoms with van der Waals surface area (Å²) in [5.41, 5.74) is 0.380. The summed E-state index contributed by atoms with van der Waals surface area (Å²) in [5, 5.41) is 3.07. The molecule has 26 heavy (non-hydrogen) atoms. The number of imidazole rings is 1. The van der Waals surface area contributed by atoms with Crippen LogP contribution in [0.2, 0.25) is 0 Å². The van der Waals surface area contributed by atoms with Crippen LogP contribution in [-0.2, 0) is 20.0 Å². The van der Waals surface area contributed by atoms with Gasteiger partial charge in [-0.3, -0.25) is 4.79 Å². The molecule has 1 aliphatic rings. The van der Waals surface area contributed by atoms with Gasteiger partial charge in [-0.1, -0.05) is 18.6 Å². The normalized spacial score (nSPS) is 17.3. The van der Waals surface area contributed by atoms with Gasteiger partial charge in [-0.05, 0) is 43.9 Å². The summed E-state index contributed by atoms with van der Waals surface area (Å²) in [6, 6.07) is 7.02. The van der Waals surface area contributed by atoms with E-state index in [1.807, 2.05) is 10.8 Å². The number of benzene rings is 1. The molecule has 1 saturated carbocycles. The van der Waals surface area contributed by atoms with Crippen molar-refractivity contribution < 1.29 is 13.2 Å². The molecule has 1 aromatic carbocycles. The smallest absolute Gasteiger partial charge is 0.230 e. The van der Waals surface area contributed by atoms with Crippen LogP contribution in [0.25, 0.3) is 0 Å². The monoisotopic (exact) mass is 375 g/mol. The van der Waals surface area contributed by atoms with E-state index < -0.39 is 15.3 Å². The molecule has 0 aliphatic heterocycles. The Morgan fingerprint density at radius 2 is 2.00 bits per heavy atom. The lowest BCUT2D eigenvalue weighted by Crippen LogP contribution is -2.49. The molecule has 1 fully saturated rings. The van der Waals surface area contributed by atoms with Gasteiger partial charge < -0.3 is 9.88 Å². The quantitative estimate of drug-likeness (QED) is 0.806. The number of sulfone groups is 1. The van der Waals surface area contributed by atoms with Crippen LogP contribution in [0.3, 0.4) is 0 Å². The van der Waals surface area contributed by atoms with Crippen molar-refractivity contribution in [2.45, 2.75) is 49.0 Å². The van der Waals surface area contributed by atoms with Crippen LogP contribution in [0, 0.1) is 0 Å². The number of hydrogen-bond donors (Lipinski definition) is 1. The summed E-state index contributed by atoms with van der Waals surface area (Å²) < 4.78 is 25.3. The Morgan fingerprint density at radius 3 is 2.50 bits per heavy atom. The Morgan fingerprint density at radius 1 is 1.31 bits per heavy atom. The number of rotatable bonds is 7. The van der Waals surface area contributed by atoms with Crippen LogP contribution in [-0.4, -0.2) is 36.7 Å². The zero-order valence-electron chi connectivity index (χ0n) is 15.2. The van der Waals surface area contributed by atoms with Crippen LogP contribution in [0.1, 0.15) is 44.2 Å². The topological polar surface area (TPSA) is 81.1 Å². The Hall–Kier alpha value is -2.15. The standard InChI is InChI=1S/C19H25N3O3S/c1-15(22-13-12-20-14-22)8-11-21-18(23)19(9-3-10-19)16-4-6-17(7-5-16)26(2,24)25/h4-7,12-15H,3,8-11H2,1-2H3,(H,21,23)/t15-/m1/s1. The maximum Gasteiger partial charge on any atom is 0.230 e. The fourth-order valence-corrected chi connectivity index (χ4v) is 4.07. The van der Waals surface area contributed by atoms with E-state index in [-0.39, 0.29) is 16.8 Å². The number of nitrogens with one attached hydrogen (secondary N) is 1. The third kappa shape index (κ3) is 3.67. The van der Waals surface area contributed by atoms with Crippen molar-refractivity contribution in [3.05, 3.63) is 48.5 Å². The van der Waals surface area contributed by atoms with Gasteiger partial charge in [0.05, 0.1) is 16.6 Å².